The Labute approximate surface area is 174 Å². The summed E-state index contributed by atoms with van der Waals surface area (Å²) in [5.74, 6) is 0.484. The number of halogens is 1. The van der Waals surface area contributed by atoms with Gasteiger partial charge in [0.25, 0.3) is 5.91 Å². The Balaban J connectivity index is 1.71. The number of rotatable bonds is 6. The lowest BCUT2D eigenvalue weighted by Crippen LogP contribution is -2.44. The summed E-state index contributed by atoms with van der Waals surface area (Å²) in [7, 11) is -1.52. The zero-order chi connectivity index (χ0) is 20.5. The highest BCUT2D eigenvalue weighted by molar-refractivity contribution is 7.91. The molecule has 6 nitrogen and oxygen atoms in total. The molecular formula is C19H23ClN2O4S2. The highest BCUT2D eigenvalue weighted by Crippen LogP contribution is 2.31. The number of nitrogens with zero attached hydrogens (tertiary/aromatic N) is 2. The molecule has 1 aromatic carbocycles. The van der Waals surface area contributed by atoms with Crippen LogP contribution in [0.3, 0.4) is 0 Å². The fourth-order valence-corrected chi connectivity index (χ4v) is 6.12. The van der Waals surface area contributed by atoms with Crippen LogP contribution in [0, 0.1) is 6.92 Å². The minimum Gasteiger partial charge on any atom is -0.486 e. The molecule has 0 spiro atoms. The molecule has 0 bridgehead atoms. The summed E-state index contributed by atoms with van der Waals surface area (Å²) in [6, 6.07) is 6.74. The molecule has 28 heavy (non-hydrogen) atoms. The molecular weight excluding hydrogens is 420 g/mol. The van der Waals surface area contributed by atoms with E-state index in [0.717, 1.165) is 6.42 Å². The van der Waals surface area contributed by atoms with Crippen molar-refractivity contribution in [3.8, 4) is 5.75 Å². The van der Waals surface area contributed by atoms with Crippen LogP contribution in [0.5, 0.6) is 5.75 Å². The van der Waals surface area contributed by atoms with Crippen LogP contribution in [0.25, 0.3) is 0 Å². The number of benzene rings is 1. The molecule has 1 aromatic heterocycles. The monoisotopic (exact) mass is 442 g/mol. The van der Waals surface area contributed by atoms with E-state index < -0.39 is 15.1 Å². The number of carbonyl (C=O) groups excluding carboxylic acids is 1. The van der Waals surface area contributed by atoms with Gasteiger partial charge in [-0.1, -0.05) is 11.6 Å². The summed E-state index contributed by atoms with van der Waals surface area (Å²) in [5.41, 5.74) is 0.630. The fraction of sp³-hybridized carbons (Fsp3) is 0.474. The van der Waals surface area contributed by atoms with Gasteiger partial charge in [-0.05, 0) is 50.5 Å². The van der Waals surface area contributed by atoms with Crippen LogP contribution >= 0.6 is 22.9 Å². The normalized spacial score (nSPS) is 19.6. The molecule has 1 amide bonds. The third kappa shape index (κ3) is 4.67. The van der Waals surface area contributed by atoms with Crippen molar-refractivity contribution in [2.24, 2.45) is 0 Å². The zero-order valence-electron chi connectivity index (χ0n) is 16.0. The van der Waals surface area contributed by atoms with Gasteiger partial charge < -0.3 is 9.64 Å². The fourth-order valence-electron chi connectivity index (χ4n) is 3.55. The number of hydrogen-bond acceptors (Lipinski definition) is 6. The quantitative estimate of drug-likeness (QED) is 0.681. The molecule has 3 rings (SSSR count). The maximum Gasteiger partial charge on any atom is 0.265 e. The highest BCUT2D eigenvalue weighted by Gasteiger charge is 2.39. The van der Waals surface area contributed by atoms with Crippen molar-refractivity contribution in [1.29, 1.82) is 0 Å². The number of thiazole rings is 1. The first-order valence-electron chi connectivity index (χ1n) is 8.97. The molecule has 1 aliphatic carbocycles. The molecule has 1 fully saturated rings. The number of aromatic nitrogens is 1. The summed E-state index contributed by atoms with van der Waals surface area (Å²) in [6.45, 7) is 2.03. The van der Waals surface area contributed by atoms with Gasteiger partial charge in [0.15, 0.2) is 9.84 Å². The Kier molecular flexibility index (Phi) is 6.31. The number of ether oxygens (including phenoxy) is 1. The zero-order valence-corrected chi connectivity index (χ0v) is 18.4. The third-order valence-electron chi connectivity index (χ3n) is 5.00. The summed E-state index contributed by atoms with van der Waals surface area (Å²) in [5, 5.41) is 0.824. The largest absolute Gasteiger partial charge is 0.486 e. The highest BCUT2D eigenvalue weighted by atomic mass is 35.5. The van der Waals surface area contributed by atoms with E-state index in [0.29, 0.717) is 39.2 Å². The third-order valence-corrected chi connectivity index (χ3v) is 8.02. The standard InChI is InChI=1S/C19H23ClN2O4S2/c1-12-18(19(23)22(2)15-5-4-6-16(15)28(3,24)25)27-17(21-12)11-26-14-9-7-13(20)8-10-14/h7-10,15-16H,4-6,11H2,1-3H3/t15-,16-/m1/s1. The number of sulfone groups is 1. The number of hydrogen-bond donors (Lipinski definition) is 0. The van der Waals surface area contributed by atoms with Crippen molar-refractivity contribution >= 4 is 38.7 Å². The van der Waals surface area contributed by atoms with Crippen LogP contribution in [0.4, 0.5) is 0 Å². The van der Waals surface area contributed by atoms with Crippen molar-refractivity contribution in [2.45, 2.75) is 44.1 Å². The van der Waals surface area contributed by atoms with Gasteiger partial charge in [-0.3, -0.25) is 4.79 Å². The molecule has 0 unspecified atom stereocenters. The van der Waals surface area contributed by atoms with Crippen molar-refractivity contribution in [3.63, 3.8) is 0 Å². The molecule has 0 radical (unpaired) electrons. The predicted octanol–water partition coefficient (Wildman–Crippen LogP) is 3.72. The van der Waals surface area contributed by atoms with Crippen LogP contribution in [0.2, 0.25) is 5.02 Å². The molecule has 1 heterocycles. The first-order chi connectivity index (χ1) is 13.2. The molecule has 2 atom stereocenters. The first-order valence-corrected chi connectivity index (χ1v) is 12.1. The van der Waals surface area contributed by atoms with Crippen LogP contribution in [0.1, 0.15) is 39.6 Å². The minimum absolute atomic E-state index is 0.187. The molecule has 152 valence electrons. The summed E-state index contributed by atoms with van der Waals surface area (Å²) in [6.07, 6.45) is 3.35. The van der Waals surface area contributed by atoms with Gasteiger partial charge in [0.1, 0.15) is 22.2 Å². The molecule has 1 aliphatic rings. The van der Waals surface area contributed by atoms with E-state index >= 15 is 0 Å². The second-order valence-electron chi connectivity index (χ2n) is 7.05. The van der Waals surface area contributed by atoms with E-state index in [1.807, 2.05) is 0 Å². The van der Waals surface area contributed by atoms with Crippen LogP contribution in [-0.4, -0.2) is 48.8 Å². The Hall–Kier alpha value is -1.64. The second kappa shape index (κ2) is 8.39. The molecule has 0 N–H and O–H groups in total. The van der Waals surface area contributed by atoms with E-state index in [1.54, 1.807) is 43.1 Å². The maximum absolute atomic E-state index is 13.0. The van der Waals surface area contributed by atoms with Gasteiger partial charge in [0.05, 0.1) is 10.9 Å². The van der Waals surface area contributed by atoms with E-state index in [4.69, 9.17) is 16.3 Å². The van der Waals surface area contributed by atoms with Crippen molar-refractivity contribution in [3.05, 3.63) is 44.9 Å². The van der Waals surface area contributed by atoms with Crippen molar-refractivity contribution < 1.29 is 17.9 Å². The van der Waals surface area contributed by atoms with Gasteiger partial charge in [0, 0.05) is 24.4 Å². The molecule has 0 saturated heterocycles. The van der Waals surface area contributed by atoms with Crippen molar-refractivity contribution in [2.75, 3.05) is 13.3 Å². The van der Waals surface area contributed by atoms with Gasteiger partial charge in [-0.15, -0.1) is 11.3 Å². The molecule has 9 heteroatoms. The molecule has 1 saturated carbocycles. The van der Waals surface area contributed by atoms with E-state index in [-0.39, 0.29) is 18.6 Å². The maximum atomic E-state index is 13.0. The SMILES string of the molecule is Cc1nc(COc2ccc(Cl)cc2)sc1C(=O)N(C)[C@@H]1CCC[C@H]1S(C)(=O)=O. The number of carbonyl (C=O) groups is 1. The van der Waals surface area contributed by atoms with E-state index in [9.17, 15) is 13.2 Å². The van der Waals surface area contributed by atoms with E-state index in [2.05, 4.69) is 4.98 Å². The molecule has 2 aromatic rings. The van der Waals surface area contributed by atoms with Gasteiger partial charge in [-0.2, -0.15) is 0 Å². The number of aryl methyl sites for hydroxylation is 1. The Morgan fingerprint density at radius 3 is 2.64 bits per heavy atom. The Morgan fingerprint density at radius 1 is 1.32 bits per heavy atom. The van der Waals surface area contributed by atoms with Crippen LogP contribution in [0.15, 0.2) is 24.3 Å². The lowest BCUT2D eigenvalue weighted by molar-refractivity contribution is 0.0741. The first kappa shape index (κ1) is 21.1. The summed E-state index contributed by atoms with van der Waals surface area (Å²) >= 11 is 7.15. The Bertz CT molecular complexity index is 957. The Morgan fingerprint density at radius 2 is 2.00 bits per heavy atom. The summed E-state index contributed by atoms with van der Waals surface area (Å²) < 4.78 is 29.8. The minimum atomic E-state index is -3.20. The lowest BCUT2D eigenvalue weighted by atomic mass is 10.2. The van der Waals surface area contributed by atoms with Gasteiger partial charge in [0.2, 0.25) is 0 Å². The summed E-state index contributed by atoms with van der Waals surface area (Å²) in [4.78, 5) is 19.5. The smallest absolute Gasteiger partial charge is 0.265 e. The molecule has 0 aliphatic heterocycles. The second-order valence-corrected chi connectivity index (χ2v) is 10.8. The topological polar surface area (TPSA) is 76.6 Å². The average molecular weight is 443 g/mol. The predicted molar refractivity (Wildman–Crippen MR) is 111 cm³/mol. The van der Waals surface area contributed by atoms with Crippen molar-refractivity contribution in [1.82, 2.24) is 9.88 Å². The van der Waals surface area contributed by atoms with Crippen LogP contribution < -0.4 is 4.74 Å². The number of amides is 1. The van der Waals surface area contributed by atoms with Gasteiger partial charge >= 0.3 is 0 Å². The van der Waals surface area contributed by atoms with E-state index in [1.165, 1.54) is 17.6 Å². The van der Waals surface area contributed by atoms with Crippen LogP contribution in [-0.2, 0) is 16.4 Å². The average Bonchev–Trinajstić information content (AvgIpc) is 3.26. The van der Waals surface area contributed by atoms with Gasteiger partial charge in [-0.25, -0.2) is 13.4 Å². The lowest BCUT2D eigenvalue weighted by Gasteiger charge is -2.28.